The molecule has 9 heteroatoms. The number of aromatic hydroxyl groups is 2. The summed E-state index contributed by atoms with van der Waals surface area (Å²) in [6.07, 6.45) is 8.09. The third-order valence-corrected chi connectivity index (χ3v) is 25.7. The summed E-state index contributed by atoms with van der Waals surface area (Å²) in [6, 6.07) is 27.8. The summed E-state index contributed by atoms with van der Waals surface area (Å²) in [6.45, 7) is 7.44. The van der Waals surface area contributed by atoms with Gasteiger partial charge in [-0.1, -0.05) is 12.1 Å². The minimum atomic E-state index is -0.179. The normalized spacial score (nSPS) is 20.4. The fourth-order valence-electron chi connectivity index (χ4n) is 5.35. The van der Waals surface area contributed by atoms with Crippen molar-refractivity contribution in [3.63, 3.8) is 0 Å². The van der Waals surface area contributed by atoms with E-state index in [1.807, 2.05) is 72.8 Å². The van der Waals surface area contributed by atoms with Crippen LogP contribution in [0, 0.1) is 13.8 Å². The Morgan fingerprint density at radius 1 is 0.600 bits per heavy atom. The van der Waals surface area contributed by atoms with Crippen LogP contribution >= 0.6 is 79.7 Å². The van der Waals surface area contributed by atoms with E-state index in [0.29, 0.717) is 27.4 Å². The van der Waals surface area contributed by atoms with Gasteiger partial charge in [-0.25, -0.2) is 0 Å². The molecule has 0 amide bonds. The van der Waals surface area contributed by atoms with E-state index in [2.05, 4.69) is 89.7 Å². The summed E-state index contributed by atoms with van der Waals surface area (Å²) in [5.41, 5.74) is 4.30. The van der Waals surface area contributed by atoms with Crippen molar-refractivity contribution in [2.45, 2.75) is 60.5 Å². The van der Waals surface area contributed by atoms with E-state index in [4.69, 9.17) is 0 Å². The van der Waals surface area contributed by atoms with Gasteiger partial charge in [-0.3, -0.25) is 0 Å². The SMILES string of the molecule is Oc1c(Br)cc(Br)cc1C[S]1=[Ti]=[S@@](Cc2cc(Br)cc(Br)c2O)C2CCCCCC[C@@H]21.[CH2-]c1ccccc1.[CH2-]c1ccccc1. The van der Waals surface area contributed by atoms with Crippen LogP contribution in [0.3, 0.4) is 0 Å². The molecule has 0 spiro atoms. The van der Waals surface area contributed by atoms with Crippen LogP contribution < -0.4 is 0 Å². The molecule has 2 aliphatic rings. The summed E-state index contributed by atoms with van der Waals surface area (Å²) >= 11 is 14.1. The number of rotatable bonds is 4. The zero-order chi connectivity index (χ0) is 32.3. The van der Waals surface area contributed by atoms with E-state index in [1.54, 1.807) is 0 Å². The first-order valence-electron chi connectivity index (χ1n) is 14.9. The monoisotopic (exact) mass is 930 g/mol. The van der Waals surface area contributed by atoms with Gasteiger partial charge in [0.1, 0.15) is 0 Å². The number of phenols is 2. The third-order valence-electron chi connectivity index (χ3n) is 7.61. The number of halogens is 4. The first-order chi connectivity index (χ1) is 21.6. The smallest absolute Gasteiger partial charge is 0.0866 e. The maximum atomic E-state index is 10.7. The second kappa shape index (κ2) is 18.9. The van der Waals surface area contributed by atoms with E-state index >= 15 is 0 Å². The van der Waals surface area contributed by atoms with Crippen molar-refractivity contribution in [2.24, 2.45) is 0 Å². The number of phenolic OH excluding ortho intramolecular Hbond substituents is 2. The summed E-state index contributed by atoms with van der Waals surface area (Å²) in [4.78, 5) is 0. The van der Waals surface area contributed by atoms with Crippen molar-refractivity contribution in [1.82, 2.24) is 0 Å². The van der Waals surface area contributed by atoms with Crippen LogP contribution in [0.25, 0.3) is 0 Å². The van der Waals surface area contributed by atoms with Crippen LogP contribution in [0.5, 0.6) is 11.5 Å². The molecule has 0 aromatic heterocycles. The molecule has 0 radical (unpaired) electrons. The molecule has 4 aromatic carbocycles. The standard InChI is InChI=1S/C22H24Br4O2S2.2C7H7.Ti/c23-15-7-13(21(27)17(25)9-15)11-29-19-5-3-1-2-4-6-20(19)30-12-14-8-16(24)10-18(26)22(14)28;2*1-7-5-3-2-4-6-7;/h7-10,19-20,27-28H,1-6,11-12H2;2*2-6H,1H2;/q;2*-1;/t19-,20?;;;/m0.../s1. The Bertz CT molecular complexity index is 1530. The van der Waals surface area contributed by atoms with Crippen molar-refractivity contribution in [2.75, 3.05) is 0 Å². The van der Waals surface area contributed by atoms with Crippen molar-refractivity contribution in [1.29, 1.82) is 0 Å². The fraction of sp³-hybridized carbons (Fsp3) is 0.278. The molecule has 4 aromatic rings. The molecule has 2 N–H and O–H groups in total. The average molecular weight is 934 g/mol. The van der Waals surface area contributed by atoms with Gasteiger partial charge in [0.15, 0.2) is 0 Å². The predicted molar refractivity (Wildman–Crippen MR) is 207 cm³/mol. The molecular weight excluding hydrogens is 896 g/mol. The average Bonchev–Trinajstić information content (AvgIpc) is 3.29. The Kier molecular flexibility index (Phi) is 15.7. The zero-order valence-electron chi connectivity index (χ0n) is 25.0. The summed E-state index contributed by atoms with van der Waals surface area (Å²) in [5, 5.41) is 23.0. The second-order valence-electron chi connectivity index (χ2n) is 11.1. The first kappa shape index (κ1) is 37.4. The molecule has 1 saturated carbocycles. The number of fused-ring (bicyclic) bond motifs is 1. The van der Waals surface area contributed by atoms with Crippen LogP contribution in [0.4, 0.5) is 0 Å². The summed E-state index contributed by atoms with van der Waals surface area (Å²) in [5.74, 6) is 2.82. The molecule has 0 bridgehead atoms. The van der Waals surface area contributed by atoms with Gasteiger partial charge in [-0.15, -0.1) is 24.3 Å². The van der Waals surface area contributed by atoms with E-state index in [9.17, 15) is 10.2 Å². The van der Waals surface area contributed by atoms with Gasteiger partial charge in [-0.2, -0.15) is 49.2 Å². The zero-order valence-corrected chi connectivity index (χ0v) is 34.6. The van der Waals surface area contributed by atoms with Gasteiger partial charge >= 0.3 is 231 Å². The fourth-order valence-corrected chi connectivity index (χ4v) is 28.8. The largest absolute Gasteiger partial charge is 0.199 e. The predicted octanol–water partition coefficient (Wildman–Crippen LogP) is 13.1. The minimum Gasteiger partial charge on any atom is -0.199 e. The van der Waals surface area contributed by atoms with Gasteiger partial charge in [0.25, 0.3) is 0 Å². The topological polar surface area (TPSA) is 40.5 Å². The number of hydrogen-bond donors (Lipinski definition) is 2. The molecule has 240 valence electrons. The van der Waals surface area contributed by atoms with Crippen LogP contribution in [0.1, 0.15) is 60.8 Å². The van der Waals surface area contributed by atoms with Crippen molar-refractivity contribution < 1.29 is 25.7 Å². The van der Waals surface area contributed by atoms with Gasteiger partial charge in [-0.05, 0) is 0 Å². The van der Waals surface area contributed by atoms with Gasteiger partial charge in [0.05, 0.1) is 0 Å². The van der Waals surface area contributed by atoms with E-state index < -0.39 is 0 Å². The first-order valence-corrected chi connectivity index (χ1v) is 24.8. The van der Waals surface area contributed by atoms with Crippen LogP contribution in [-0.4, -0.2) is 20.7 Å². The van der Waals surface area contributed by atoms with E-state index in [-0.39, 0.29) is 15.5 Å². The maximum Gasteiger partial charge on any atom is -0.0866 e. The van der Waals surface area contributed by atoms with Crippen molar-refractivity contribution in [3.8, 4) is 11.5 Å². The van der Waals surface area contributed by atoms with Crippen LogP contribution in [-0.2, 0) is 27.0 Å². The van der Waals surface area contributed by atoms with Gasteiger partial charge < -0.3 is 0 Å². The number of hydrogen-bond acceptors (Lipinski definition) is 2. The van der Waals surface area contributed by atoms with E-state index in [0.717, 1.165) is 62.2 Å². The molecule has 1 aliphatic carbocycles. The van der Waals surface area contributed by atoms with Crippen LogP contribution in [0.2, 0.25) is 0 Å². The van der Waals surface area contributed by atoms with Crippen LogP contribution in [0.15, 0.2) is 103 Å². The molecule has 1 fully saturated rings. The molecule has 1 aliphatic heterocycles. The molecule has 1 heterocycles. The van der Waals surface area contributed by atoms with Gasteiger partial charge in [0, 0.05) is 0 Å². The van der Waals surface area contributed by atoms with E-state index in [1.165, 1.54) is 38.5 Å². The van der Waals surface area contributed by atoms with Gasteiger partial charge in [0.2, 0.25) is 0 Å². The molecule has 2 unspecified atom stereocenters. The Morgan fingerprint density at radius 2 is 0.978 bits per heavy atom. The second-order valence-corrected chi connectivity index (χ2v) is 26.0. The molecular formula is C36H38Br4O2S2Ti-2. The molecule has 45 heavy (non-hydrogen) atoms. The number of benzene rings is 4. The quantitative estimate of drug-likeness (QED) is 0.158. The molecule has 2 nitrogen and oxygen atoms in total. The molecule has 6 rings (SSSR count). The Hall–Kier alpha value is -0.446. The Balaban J connectivity index is 0.000000269. The minimum absolute atomic E-state index is 0.179. The Morgan fingerprint density at radius 3 is 1.31 bits per heavy atom. The maximum absolute atomic E-state index is 10.7. The summed E-state index contributed by atoms with van der Waals surface area (Å²) < 4.78 is 3.59. The molecule has 4 atom stereocenters. The Labute approximate surface area is 312 Å². The summed E-state index contributed by atoms with van der Waals surface area (Å²) in [7, 11) is 0.738. The van der Waals surface area contributed by atoms with Crippen molar-refractivity contribution >= 4 is 79.7 Å². The molecule has 0 saturated heterocycles. The van der Waals surface area contributed by atoms with Crippen molar-refractivity contribution in [3.05, 3.63) is 139 Å². The third kappa shape index (κ3) is 11.6.